The van der Waals surface area contributed by atoms with Gasteiger partial charge in [-0.05, 0) is 32.9 Å². The number of para-hydroxylation sites is 1. The zero-order chi connectivity index (χ0) is 17.6. The van der Waals surface area contributed by atoms with Gasteiger partial charge in [0, 0.05) is 34.1 Å². The van der Waals surface area contributed by atoms with E-state index < -0.39 is 0 Å². The highest BCUT2D eigenvalue weighted by Crippen LogP contribution is 2.26. The van der Waals surface area contributed by atoms with Crippen molar-refractivity contribution in [3.8, 4) is 0 Å². The maximum absolute atomic E-state index is 12.8. The summed E-state index contributed by atoms with van der Waals surface area (Å²) in [4.78, 5) is 24.8. The van der Waals surface area contributed by atoms with Crippen molar-refractivity contribution in [2.75, 3.05) is 0 Å². The second-order valence-electron chi connectivity index (χ2n) is 6.02. The van der Waals surface area contributed by atoms with Gasteiger partial charge in [0.2, 0.25) is 5.16 Å². The number of hydrogen-bond donors (Lipinski definition) is 1. The van der Waals surface area contributed by atoms with E-state index in [-0.39, 0.29) is 11.0 Å². The van der Waals surface area contributed by atoms with Gasteiger partial charge in [-0.1, -0.05) is 30.0 Å². The van der Waals surface area contributed by atoms with Crippen LogP contribution in [-0.2, 0) is 0 Å². The number of fused-ring (bicyclic) bond motifs is 2. The maximum atomic E-state index is 12.8. The number of aryl methyl sites for hydroxylation is 2. The predicted molar refractivity (Wildman–Crippen MR) is 98.2 cm³/mol. The first-order valence-electron chi connectivity index (χ1n) is 8.01. The minimum absolute atomic E-state index is 0.0576. The Labute approximate surface area is 148 Å². The minimum atomic E-state index is -0.293. The zero-order valence-corrected chi connectivity index (χ0v) is 15.0. The number of aromatic amines is 1. The van der Waals surface area contributed by atoms with E-state index in [1.165, 1.54) is 11.8 Å². The number of ketones is 1. The van der Waals surface area contributed by atoms with Crippen LogP contribution >= 0.6 is 11.8 Å². The summed E-state index contributed by atoms with van der Waals surface area (Å²) in [6, 6.07) is 9.76. The summed E-state index contributed by atoms with van der Waals surface area (Å²) in [6.07, 6.45) is 1.77. The lowest BCUT2D eigenvalue weighted by molar-refractivity contribution is 0.0995. The van der Waals surface area contributed by atoms with E-state index in [1.807, 2.05) is 51.1 Å². The zero-order valence-electron chi connectivity index (χ0n) is 14.1. The van der Waals surface area contributed by atoms with E-state index in [2.05, 4.69) is 20.1 Å². The summed E-state index contributed by atoms with van der Waals surface area (Å²) in [6.45, 7) is 5.77. The first-order chi connectivity index (χ1) is 12.0. The molecule has 126 valence electrons. The average molecular weight is 351 g/mol. The molecule has 6 nitrogen and oxygen atoms in total. The third-order valence-electron chi connectivity index (χ3n) is 4.10. The van der Waals surface area contributed by atoms with Gasteiger partial charge in [-0.3, -0.25) is 4.79 Å². The van der Waals surface area contributed by atoms with Gasteiger partial charge >= 0.3 is 0 Å². The predicted octanol–water partition coefficient (Wildman–Crippen LogP) is 3.59. The number of Topliss-reactive ketones (excluding diaryl/α,β-unsaturated/α-hetero) is 1. The standard InChI is InChI=1S/C18H17N5OS/c1-10-8-11(2)23-17(20-10)21-18(22-23)25-12(3)16(24)14-9-19-15-7-5-4-6-13(14)15/h4-9,12,19H,1-3H3/t12-/m1/s1. The highest BCUT2D eigenvalue weighted by Gasteiger charge is 2.22. The molecule has 7 heteroatoms. The number of rotatable bonds is 4. The summed E-state index contributed by atoms with van der Waals surface area (Å²) in [7, 11) is 0. The Morgan fingerprint density at radius 1 is 1.24 bits per heavy atom. The number of nitrogens with one attached hydrogen (secondary N) is 1. The normalized spacial score (nSPS) is 12.8. The van der Waals surface area contributed by atoms with Gasteiger partial charge in [0.1, 0.15) is 0 Å². The Morgan fingerprint density at radius 2 is 2.04 bits per heavy atom. The van der Waals surface area contributed by atoms with Crippen LogP contribution in [-0.4, -0.2) is 35.6 Å². The fourth-order valence-corrected chi connectivity index (χ4v) is 3.72. The number of aromatic nitrogens is 5. The molecule has 0 saturated heterocycles. The molecule has 0 spiro atoms. The van der Waals surface area contributed by atoms with Crippen LogP contribution in [0.2, 0.25) is 0 Å². The molecule has 3 heterocycles. The van der Waals surface area contributed by atoms with Gasteiger partial charge in [0.05, 0.1) is 5.25 Å². The minimum Gasteiger partial charge on any atom is -0.360 e. The van der Waals surface area contributed by atoms with Crippen molar-refractivity contribution in [2.24, 2.45) is 0 Å². The third kappa shape index (κ3) is 2.80. The van der Waals surface area contributed by atoms with Crippen molar-refractivity contribution in [3.63, 3.8) is 0 Å². The maximum Gasteiger partial charge on any atom is 0.253 e. The van der Waals surface area contributed by atoms with Crippen molar-refractivity contribution in [2.45, 2.75) is 31.2 Å². The van der Waals surface area contributed by atoms with Crippen molar-refractivity contribution in [1.29, 1.82) is 0 Å². The van der Waals surface area contributed by atoms with Gasteiger partial charge in [-0.15, -0.1) is 5.10 Å². The second kappa shape index (κ2) is 6.00. The number of thioether (sulfide) groups is 1. The van der Waals surface area contributed by atoms with Crippen LogP contribution in [0.1, 0.15) is 28.7 Å². The van der Waals surface area contributed by atoms with Crippen molar-refractivity contribution in [3.05, 3.63) is 53.5 Å². The lowest BCUT2D eigenvalue weighted by atomic mass is 10.1. The highest BCUT2D eigenvalue weighted by molar-refractivity contribution is 8.00. The Bertz CT molecular complexity index is 1100. The number of carbonyl (C=O) groups is 1. The van der Waals surface area contributed by atoms with Crippen molar-refractivity contribution < 1.29 is 4.79 Å². The number of hydrogen-bond acceptors (Lipinski definition) is 5. The van der Waals surface area contributed by atoms with E-state index in [1.54, 1.807) is 10.7 Å². The largest absolute Gasteiger partial charge is 0.360 e. The van der Waals surface area contributed by atoms with Crippen LogP contribution in [0.5, 0.6) is 0 Å². The quantitative estimate of drug-likeness (QED) is 0.449. The van der Waals surface area contributed by atoms with Crippen LogP contribution in [0.3, 0.4) is 0 Å². The second-order valence-corrected chi connectivity index (χ2v) is 7.33. The molecule has 4 aromatic rings. The summed E-state index contributed by atoms with van der Waals surface area (Å²) >= 11 is 1.35. The topological polar surface area (TPSA) is 75.9 Å². The molecule has 0 fully saturated rings. The van der Waals surface area contributed by atoms with Crippen LogP contribution in [0.15, 0.2) is 41.7 Å². The van der Waals surface area contributed by atoms with E-state index in [0.717, 1.165) is 22.3 Å². The fraction of sp³-hybridized carbons (Fsp3) is 0.222. The number of benzene rings is 1. The molecule has 25 heavy (non-hydrogen) atoms. The smallest absolute Gasteiger partial charge is 0.253 e. The summed E-state index contributed by atoms with van der Waals surface area (Å²) in [5, 5.41) is 5.67. The van der Waals surface area contributed by atoms with Crippen molar-refractivity contribution in [1.82, 2.24) is 24.6 Å². The van der Waals surface area contributed by atoms with Crippen LogP contribution in [0.25, 0.3) is 16.7 Å². The molecule has 1 aromatic carbocycles. The van der Waals surface area contributed by atoms with Crippen LogP contribution in [0.4, 0.5) is 0 Å². The highest BCUT2D eigenvalue weighted by atomic mass is 32.2. The Kier molecular flexibility index (Phi) is 3.80. The third-order valence-corrected chi connectivity index (χ3v) is 5.06. The van der Waals surface area contributed by atoms with Crippen molar-refractivity contribution >= 4 is 34.2 Å². The van der Waals surface area contributed by atoms with E-state index in [4.69, 9.17) is 0 Å². The molecule has 0 unspecified atom stereocenters. The van der Waals surface area contributed by atoms with E-state index in [9.17, 15) is 4.79 Å². The lowest BCUT2D eigenvalue weighted by Gasteiger charge is -2.06. The molecule has 0 radical (unpaired) electrons. The molecular formula is C18H17N5OS. The Morgan fingerprint density at radius 3 is 2.88 bits per heavy atom. The molecule has 3 aromatic heterocycles. The first kappa shape index (κ1) is 15.8. The molecule has 1 N–H and O–H groups in total. The average Bonchev–Trinajstić information content (AvgIpc) is 3.18. The number of nitrogens with zero attached hydrogens (tertiary/aromatic N) is 4. The molecular weight excluding hydrogens is 334 g/mol. The SMILES string of the molecule is Cc1cc(C)n2nc(S[C@H](C)C(=O)c3c[nH]c4ccccc34)nc2n1. The monoisotopic (exact) mass is 351 g/mol. The summed E-state index contributed by atoms with van der Waals surface area (Å²) in [5.74, 6) is 0.619. The first-order valence-corrected chi connectivity index (χ1v) is 8.89. The lowest BCUT2D eigenvalue weighted by Crippen LogP contribution is -2.13. The van der Waals surface area contributed by atoms with Crippen LogP contribution in [0, 0.1) is 13.8 Å². The van der Waals surface area contributed by atoms with Crippen LogP contribution < -0.4 is 0 Å². The Balaban J connectivity index is 1.62. The Hall–Kier alpha value is -2.67. The number of H-pyrrole nitrogens is 1. The molecule has 4 rings (SSSR count). The molecule has 0 aliphatic heterocycles. The molecule has 0 saturated carbocycles. The number of carbonyl (C=O) groups excluding carboxylic acids is 1. The van der Waals surface area contributed by atoms with Gasteiger partial charge in [-0.2, -0.15) is 4.98 Å². The summed E-state index contributed by atoms with van der Waals surface area (Å²) < 4.78 is 1.71. The van der Waals surface area contributed by atoms with E-state index >= 15 is 0 Å². The van der Waals surface area contributed by atoms with Gasteiger partial charge < -0.3 is 4.98 Å². The van der Waals surface area contributed by atoms with Gasteiger partial charge in [0.15, 0.2) is 5.78 Å². The molecule has 0 aliphatic rings. The fourth-order valence-electron chi connectivity index (χ4n) is 2.90. The summed E-state index contributed by atoms with van der Waals surface area (Å²) in [5.41, 5.74) is 3.53. The van der Waals surface area contributed by atoms with Gasteiger partial charge in [0.25, 0.3) is 5.78 Å². The molecule has 0 amide bonds. The molecule has 0 bridgehead atoms. The van der Waals surface area contributed by atoms with Gasteiger partial charge in [-0.25, -0.2) is 9.50 Å². The molecule has 1 atom stereocenters. The molecule has 0 aliphatic carbocycles. The van der Waals surface area contributed by atoms with E-state index in [0.29, 0.717) is 16.5 Å².